The Morgan fingerprint density at radius 2 is 1.40 bits per heavy atom. The van der Waals surface area contributed by atoms with Crippen molar-refractivity contribution in [1.29, 1.82) is 0 Å². The molecule has 4 aliphatic carbocycles. The van der Waals surface area contributed by atoms with Gasteiger partial charge in [-0.3, -0.25) is 0 Å². The minimum Gasteiger partial charge on any atom is -0.337 e. The third kappa shape index (κ3) is 5.15. The van der Waals surface area contributed by atoms with Gasteiger partial charge in [0, 0.05) is 54.6 Å². The topological polar surface area (TPSA) is 3.24 Å². The lowest BCUT2D eigenvalue weighted by atomic mass is 9.65. The number of rotatable bonds is 4. The van der Waals surface area contributed by atoms with E-state index in [0.29, 0.717) is 11.8 Å². The molecule has 11 rings (SSSR count). The standard InChI is InChI=1S/C50H41NS2/c1-3-15-32(16-4-1)33-29-30-41-46(31-33)53-45-28-14-22-36(48(45)49(41)47-39-20-8-11-26-43(39)52-44-27-12-9-21-40(44)47)38-24-13-23-37-35-19-7-10-25-42(35)51(50(37)38)34-17-5-2-6-18-34/h1-3,5-9,11-15,17-21,23-24,26-31,36-37,47,49-50H,4,10,16,22,25H2. The summed E-state index contributed by atoms with van der Waals surface area (Å²) in [5.74, 6) is 1.09. The lowest BCUT2D eigenvalue weighted by Crippen LogP contribution is -2.40. The van der Waals surface area contributed by atoms with Crippen molar-refractivity contribution in [2.45, 2.75) is 64.7 Å². The molecule has 7 aliphatic rings. The molecular weight excluding hydrogens is 679 g/mol. The quantitative estimate of drug-likeness (QED) is 0.207. The van der Waals surface area contributed by atoms with E-state index in [1.54, 1.807) is 11.1 Å². The van der Waals surface area contributed by atoms with Crippen LogP contribution in [0.3, 0.4) is 0 Å². The molecule has 0 bridgehead atoms. The molecule has 0 N–H and O–H groups in total. The fourth-order valence-corrected chi connectivity index (χ4v) is 12.7. The molecule has 3 heteroatoms. The molecule has 0 amide bonds. The van der Waals surface area contributed by atoms with Crippen LogP contribution in [-0.4, -0.2) is 6.04 Å². The van der Waals surface area contributed by atoms with Crippen molar-refractivity contribution in [3.05, 3.63) is 207 Å². The smallest absolute Gasteiger partial charge is 0.0661 e. The number of hydrogen-bond acceptors (Lipinski definition) is 3. The average Bonchev–Trinajstić information content (AvgIpc) is 3.57. The molecule has 0 spiro atoms. The molecule has 0 aromatic heterocycles. The Labute approximate surface area is 322 Å². The van der Waals surface area contributed by atoms with Gasteiger partial charge in [-0.1, -0.05) is 151 Å². The molecule has 0 fully saturated rings. The van der Waals surface area contributed by atoms with Gasteiger partial charge in [-0.05, 0) is 107 Å². The van der Waals surface area contributed by atoms with Gasteiger partial charge in [0.2, 0.25) is 0 Å². The summed E-state index contributed by atoms with van der Waals surface area (Å²) in [6.07, 6.45) is 29.5. The molecule has 4 unspecified atom stereocenters. The third-order valence-corrected chi connectivity index (χ3v) is 14.8. The van der Waals surface area contributed by atoms with Crippen molar-refractivity contribution >= 4 is 34.8 Å². The van der Waals surface area contributed by atoms with E-state index in [2.05, 4.69) is 163 Å². The first-order valence-electron chi connectivity index (χ1n) is 19.4. The average molecular weight is 720 g/mol. The highest BCUT2D eigenvalue weighted by molar-refractivity contribution is 8.03. The maximum atomic E-state index is 2.73. The number of anilines is 1. The predicted molar refractivity (Wildman–Crippen MR) is 223 cm³/mol. The maximum Gasteiger partial charge on any atom is 0.0661 e. The third-order valence-electron chi connectivity index (χ3n) is 12.5. The Kier molecular flexibility index (Phi) is 7.80. The summed E-state index contributed by atoms with van der Waals surface area (Å²) in [7, 11) is 0. The van der Waals surface area contributed by atoms with Crippen LogP contribution in [0.25, 0.3) is 5.57 Å². The van der Waals surface area contributed by atoms with E-state index in [-0.39, 0.29) is 17.9 Å². The van der Waals surface area contributed by atoms with Crippen molar-refractivity contribution in [2.75, 3.05) is 4.90 Å². The van der Waals surface area contributed by atoms with E-state index >= 15 is 0 Å². The summed E-state index contributed by atoms with van der Waals surface area (Å²) in [4.78, 5) is 8.40. The molecule has 0 saturated heterocycles. The molecule has 1 nitrogen and oxygen atoms in total. The molecular formula is C50H41NS2. The van der Waals surface area contributed by atoms with Gasteiger partial charge in [-0.2, -0.15) is 0 Å². The summed E-state index contributed by atoms with van der Waals surface area (Å²) >= 11 is 3.97. The van der Waals surface area contributed by atoms with Crippen LogP contribution in [0.2, 0.25) is 0 Å². The number of benzene rings is 4. The van der Waals surface area contributed by atoms with Crippen molar-refractivity contribution in [3.8, 4) is 0 Å². The Hall–Kier alpha value is -4.70. The molecule has 4 aromatic rings. The number of para-hydroxylation sites is 1. The summed E-state index contributed by atoms with van der Waals surface area (Å²) in [6, 6.07) is 37.5. The molecule has 0 radical (unpaired) electrons. The highest BCUT2D eigenvalue weighted by atomic mass is 32.2. The molecule has 4 atom stereocenters. The SMILES string of the molecule is C1=CCCC(c2ccc3c(c2)SC2=C(C(C4=CC=CC5C6=C(CCC=C6)N(c6ccccc6)C45)CC=C2)C3C2c3ccccc3Sc3ccccc32)=C1. The fraction of sp³-hybridized carbons (Fsp3) is 0.200. The number of hydrogen-bond donors (Lipinski definition) is 0. The van der Waals surface area contributed by atoms with E-state index in [1.165, 1.54) is 64.4 Å². The first-order chi connectivity index (χ1) is 26.3. The summed E-state index contributed by atoms with van der Waals surface area (Å²) < 4.78 is 0. The second-order valence-electron chi connectivity index (χ2n) is 15.2. The molecule has 0 saturated carbocycles. The largest absolute Gasteiger partial charge is 0.337 e. The Morgan fingerprint density at radius 3 is 2.21 bits per heavy atom. The summed E-state index contributed by atoms with van der Waals surface area (Å²) in [5, 5.41) is 0. The van der Waals surface area contributed by atoms with E-state index in [4.69, 9.17) is 0 Å². The Balaban J connectivity index is 1.11. The van der Waals surface area contributed by atoms with Crippen LogP contribution in [0.5, 0.6) is 0 Å². The lowest BCUT2D eigenvalue weighted by Gasteiger charge is -2.45. The molecule has 3 aliphatic heterocycles. The van der Waals surface area contributed by atoms with Gasteiger partial charge in [0.25, 0.3) is 0 Å². The van der Waals surface area contributed by atoms with E-state index in [9.17, 15) is 0 Å². The number of nitrogens with zero attached hydrogens (tertiary/aromatic N) is 1. The van der Waals surface area contributed by atoms with Crippen LogP contribution in [0, 0.1) is 11.8 Å². The molecule has 3 heterocycles. The van der Waals surface area contributed by atoms with Gasteiger partial charge in [-0.25, -0.2) is 0 Å². The van der Waals surface area contributed by atoms with Crippen molar-refractivity contribution < 1.29 is 0 Å². The highest BCUT2D eigenvalue weighted by Gasteiger charge is 2.48. The van der Waals surface area contributed by atoms with Crippen molar-refractivity contribution in [1.82, 2.24) is 0 Å². The number of thioether (sulfide) groups is 1. The van der Waals surface area contributed by atoms with Crippen LogP contribution in [0.15, 0.2) is 200 Å². The van der Waals surface area contributed by atoms with Gasteiger partial charge >= 0.3 is 0 Å². The Morgan fingerprint density at radius 1 is 0.623 bits per heavy atom. The zero-order valence-electron chi connectivity index (χ0n) is 29.7. The monoisotopic (exact) mass is 719 g/mol. The first kappa shape index (κ1) is 31.8. The predicted octanol–water partition coefficient (Wildman–Crippen LogP) is 13.3. The van der Waals surface area contributed by atoms with Crippen LogP contribution >= 0.6 is 23.5 Å². The zero-order valence-corrected chi connectivity index (χ0v) is 31.3. The van der Waals surface area contributed by atoms with Gasteiger partial charge in [0.15, 0.2) is 0 Å². The summed E-state index contributed by atoms with van der Waals surface area (Å²) in [6.45, 7) is 0. The minimum absolute atomic E-state index is 0.216. The first-order valence-corrected chi connectivity index (χ1v) is 21.0. The fourth-order valence-electron chi connectivity index (χ4n) is 10.3. The number of allylic oxidation sites excluding steroid dienone is 12. The lowest BCUT2D eigenvalue weighted by molar-refractivity contribution is 0.514. The van der Waals surface area contributed by atoms with Crippen molar-refractivity contribution in [3.63, 3.8) is 0 Å². The van der Waals surface area contributed by atoms with Crippen LogP contribution in [-0.2, 0) is 0 Å². The van der Waals surface area contributed by atoms with E-state index < -0.39 is 0 Å². The normalized spacial score (nSPS) is 25.2. The van der Waals surface area contributed by atoms with Crippen LogP contribution in [0.4, 0.5) is 5.69 Å². The van der Waals surface area contributed by atoms with Crippen LogP contribution < -0.4 is 4.90 Å². The van der Waals surface area contributed by atoms with Gasteiger partial charge in [0.05, 0.1) is 6.04 Å². The van der Waals surface area contributed by atoms with E-state index in [1.807, 2.05) is 23.5 Å². The number of fused-ring (bicyclic) bond motifs is 5. The summed E-state index contributed by atoms with van der Waals surface area (Å²) in [5.41, 5.74) is 14.8. The van der Waals surface area contributed by atoms with E-state index in [0.717, 1.165) is 32.1 Å². The van der Waals surface area contributed by atoms with Gasteiger partial charge in [-0.15, -0.1) is 0 Å². The minimum atomic E-state index is 0.216. The second-order valence-corrected chi connectivity index (χ2v) is 17.4. The zero-order chi connectivity index (χ0) is 34.9. The Bertz CT molecular complexity index is 2370. The second kappa shape index (κ2) is 13.0. The molecule has 4 aromatic carbocycles. The van der Waals surface area contributed by atoms with Gasteiger partial charge in [0.1, 0.15) is 0 Å². The highest BCUT2D eigenvalue weighted by Crippen LogP contribution is 2.62. The van der Waals surface area contributed by atoms with Gasteiger partial charge < -0.3 is 4.90 Å². The maximum absolute atomic E-state index is 2.73. The molecule has 258 valence electrons. The van der Waals surface area contributed by atoms with Crippen molar-refractivity contribution in [2.24, 2.45) is 11.8 Å². The molecule has 53 heavy (non-hydrogen) atoms. The van der Waals surface area contributed by atoms with Crippen LogP contribution in [0.1, 0.15) is 66.2 Å².